The van der Waals surface area contributed by atoms with Crippen molar-refractivity contribution in [3.63, 3.8) is 0 Å². The maximum absolute atomic E-state index is 12.4. The van der Waals surface area contributed by atoms with Gasteiger partial charge in [-0.3, -0.25) is 15.0 Å². The van der Waals surface area contributed by atoms with Gasteiger partial charge in [-0.15, -0.1) is 0 Å². The van der Waals surface area contributed by atoms with Gasteiger partial charge in [-0.05, 0) is 26.0 Å². The summed E-state index contributed by atoms with van der Waals surface area (Å²) in [6.45, 7) is 7.00. The number of aryl methyl sites for hydroxylation is 1. The van der Waals surface area contributed by atoms with Crippen LogP contribution in [0.25, 0.3) is 0 Å². The quantitative estimate of drug-likeness (QED) is 0.920. The summed E-state index contributed by atoms with van der Waals surface area (Å²) in [6, 6.07) is 9.32. The van der Waals surface area contributed by atoms with E-state index in [1.807, 2.05) is 38.1 Å². The number of anilines is 2. The summed E-state index contributed by atoms with van der Waals surface area (Å²) in [5.41, 5.74) is 1.79. The fourth-order valence-electron chi connectivity index (χ4n) is 2.87. The second-order valence-corrected chi connectivity index (χ2v) is 6.38. The zero-order valence-electron chi connectivity index (χ0n) is 13.8. The molecule has 2 heterocycles. The van der Waals surface area contributed by atoms with E-state index < -0.39 is 0 Å². The van der Waals surface area contributed by atoms with Crippen LogP contribution in [0, 0.1) is 6.92 Å². The van der Waals surface area contributed by atoms with Crippen molar-refractivity contribution in [1.29, 1.82) is 0 Å². The van der Waals surface area contributed by atoms with Crippen molar-refractivity contribution in [2.45, 2.75) is 19.9 Å². The van der Waals surface area contributed by atoms with Crippen LogP contribution in [0.15, 0.2) is 34.9 Å². The maximum Gasteiger partial charge on any atom is 0.243 e. The number of nitrogens with zero attached hydrogens (tertiary/aromatic N) is 3. The minimum absolute atomic E-state index is 0.0858. The van der Waals surface area contributed by atoms with Gasteiger partial charge in [0.15, 0.2) is 0 Å². The number of carbonyl (C=O) groups excluding carboxylic acids is 1. The molecular weight excluding hydrogens is 328 g/mol. The van der Waals surface area contributed by atoms with E-state index in [1.165, 1.54) is 0 Å². The van der Waals surface area contributed by atoms with Gasteiger partial charge < -0.3 is 9.42 Å². The van der Waals surface area contributed by atoms with Crippen LogP contribution in [0.2, 0.25) is 5.02 Å². The van der Waals surface area contributed by atoms with Gasteiger partial charge in [0.25, 0.3) is 0 Å². The first-order valence-corrected chi connectivity index (χ1v) is 8.40. The normalized spacial score (nSPS) is 16.9. The van der Waals surface area contributed by atoms with Crippen molar-refractivity contribution in [2.24, 2.45) is 0 Å². The fourth-order valence-corrected chi connectivity index (χ4v) is 3.13. The predicted octanol–water partition coefficient (Wildman–Crippen LogP) is 2.79. The highest BCUT2D eigenvalue weighted by Crippen LogP contribution is 2.26. The lowest BCUT2D eigenvalue weighted by Crippen LogP contribution is -2.52. The number of aromatic nitrogens is 1. The summed E-state index contributed by atoms with van der Waals surface area (Å²) in [6.07, 6.45) is 0. The summed E-state index contributed by atoms with van der Waals surface area (Å²) >= 11 is 6.26. The molecule has 0 unspecified atom stereocenters. The van der Waals surface area contributed by atoms with E-state index in [0.29, 0.717) is 5.88 Å². The number of piperazine rings is 1. The molecule has 0 bridgehead atoms. The number of hydrogen-bond acceptors (Lipinski definition) is 5. The summed E-state index contributed by atoms with van der Waals surface area (Å²) in [5, 5.41) is 7.30. The Balaban J connectivity index is 1.56. The first-order valence-electron chi connectivity index (χ1n) is 8.02. The van der Waals surface area contributed by atoms with Crippen LogP contribution in [0.3, 0.4) is 0 Å². The lowest BCUT2D eigenvalue weighted by molar-refractivity contribution is -0.121. The number of carbonyl (C=O) groups is 1. The van der Waals surface area contributed by atoms with Gasteiger partial charge in [0.1, 0.15) is 0 Å². The van der Waals surface area contributed by atoms with Crippen LogP contribution in [0.4, 0.5) is 11.6 Å². The zero-order chi connectivity index (χ0) is 17.1. The molecule has 128 valence electrons. The zero-order valence-corrected chi connectivity index (χ0v) is 14.6. The van der Waals surface area contributed by atoms with E-state index >= 15 is 0 Å². The lowest BCUT2D eigenvalue weighted by Gasteiger charge is -2.38. The summed E-state index contributed by atoms with van der Waals surface area (Å²) in [5.74, 6) is 0.302. The first kappa shape index (κ1) is 16.8. The molecule has 24 heavy (non-hydrogen) atoms. The first-order chi connectivity index (χ1) is 11.5. The summed E-state index contributed by atoms with van der Waals surface area (Å²) in [7, 11) is 0. The molecule has 0 radical (unpaired) electrons. The molecule has 1 aliphatic heterocycles. The van der Waals surface area contributed by atoms with Crippen LogP contribution in [0.1, 0.15) is 12.6 Å². The molecule has 0 saturated carbocycles. The Bertz CT molecular complexity index is 710. The molecular formula is C17H21ClN4O2. The van der Waals surface area contributed by atoms with Crippen molar-refractivity contribution in [2.75, 3.05) is 36.4 Å². The lowest BCUT2D eigenvalue weighted by atomic mass is 10.2. The third-order valence-corrected chi connectivity index (χ3v) is 4.63. The third-order valence-electron chi connectivity index (χ3n) is 4.31. The van der Waals surface area contributed by atoms with Gasteiger partial charge in [0.05, 0.1) is 22.4 Å². The van der Waals surface area contributed by atoms with Crippen molar-refractivity contribution >= 4 is 29.1 Å². The Kier molecular flexibility index (Phi) is 5.06. The highest BCUT2D eigenvalue weighted by Gasteiger charge is 2.26. The van der Waals surface area contributed by atoms with Crippen molar-refractivity contribution in [1.82, 2.24) is 10.1 Å². The maximum atomic E-state index is 12.4. The Labute approximate surface area is 146 Å². The molecule has 7 heteroatoms. The Morgan fingerprint density at radius 3 is 2.62 bits per heavy atom. The number of rotatable bonds is 4. The molecule has 1 aliphatic rings. The number of hydrogen-bond donors (Lipinski definition) is 1. The van der Waals surface area contributed by atoms with E-state index in [1.54, 1.807) is 6.07 Å². The van der Waals surface area contributed by atoms with E-state index in [9.17, 15) is 4.79 Å². The SMILES string of the molecule is Cc1cc(NC(=O)[C@@H](C)N2CCN(c3ccccc3Cl)CC2)on1. The fraction of sp³-hybridized carbons (Fsp3) is 0.412. The number of amides is 1. The Morgan fingerprint density at radius 1 is 1.29 bits per heavy atom. The van der Waals surface area contributed by atoms with Gasteiger partial charge in [-0.1, -0.05) is 28.9 Å². The molecule has 1 aromatic heterocycles. The van der Waals surface area contributed by atoms with Gasteiger partial charge in [-0.25, -0.2) is 0 Å². The molecule has 2 aromatic rings. The average molecular weight is 349 g/mol. The molecule has 1 amide bonds. The molecule has 1 atom stereocenters. The van der Waals surface area contributed by atoms with E-state index in [2.05, 4.69) is 20.3 Å². The smallest absolute Gasteiger partial charge is 0.243 e. The molecule has 1 fully saturated rings. The Morgan fingerprint density at radius 2 is 2.00 bits per heavy atom. The van der Waals surface area contributed by atoms with Crippen LogP contribution in [-0.4, -0.2) is 48.2 Å². The second-order valence-electron chi connectivity index (χ2n) is 5.97. The van der Waals surface area contributed by atoms with E-state index in [0.717, 1.165) is 42.6 Å². The van der Waals surface area contributed by atoms with Crippen molar-refractivity contribution in [3.8, 4) is 0 Å². The van der Waals surface area contributed by atoms with Gasteiger partial charge in [0.2, 0.25) is 11.8 Å². The minimum Gasteiger partial charge on any atom is -0.368 e. The largest absolute Gasteiger partial charge is 0.368 e. The number of nitrogens with one attached hydrogen (secondary N) is 1. The van der Waals surface area contributed by atoms with Gasteiger partial charge in [-0.2, -0.15) is 0 Å². The number of benzene rings is 1. The monoisotopic (exact) mass is 348 g/mol. The average Bonchev–Trinajstić information content (AvgIpc) is 2.99. The van der Waals surface area contributed by atoms with Gasteiger partial charge >= 0.3 is 0 Å². The Hall–Kier alpha value is -2.05. The number of halogens is 1. The molecule has 1 N–H and O–H groups in total. The van der Waals surface area contributed by atoms with Crippen molar-refractivity contribution in [3.05, 3.63) is 41.0 Å². The molecule has 0 spiro atoms. The van der Waals surface area contributed by atoms with Crippen molar-refractivity contribution < 1.29 is 9.32 Å². The van der Waals surface area contributed by atoms with Gasteiger partial charge in [0, 0.05) is 32.2 Å². The number of para-hydroxylation sites is 1. The second kappa shape index (κ2) is 7.23. The molecule has 3 rings (SSSR count). The van der Waals surface area contributed by atoms with E-state index in [4.69, 9.17) is 16.1 Å². The van der Waals surface area contributed by atoms with Crippen LogP contribution in [-0.2, 0) is 4.79 Å². The third kappa shape index (κ3) is 3.71. The topological polar surface area (TPSA) is 61.6 Å². The minimum atomic E-state index is -0.233. The molecule has 1 aromatic carbocycles. The summed E-state index contributed by atoms with van der Waals surface area (Å²) < 4.78 is 5.04. The van der Waals surface area contributed by atoms with E-state index in [-0.39, 0.29) is 11.9 Å². The van der Waals surface area contributed by atoms with Crippen LogP contribution >= 0.6 is 11.6 Å². The van der Waals surface area contributed by atoms with Crippen LogP contribution in [0.5, 0.6) is 0 Å². The molecule has 0 aliphatic carbocycles. The highest BCUT2D eigenvalue weighted by atomic mass is 35.5. The molecule has 6 nitrogen and oxygen atoms in total. The predicted molar refractivity (Wildman–Crippen MR) is 94.6 cm³/mol. The standard InChI is InChI=1S/C17H21ClN4O2/c1-12-11-16(24-20-12)19-17(23)13(2)21-7-9-22(10-8-21)15-6-4-3-5-14(15)18/h3-6,11,13H,7-10H2,1-2H3,(H,19,23)/t13-/m1/s1. The summed E-state index contributed by atoms with van der Waals surface area (Å²) in [4.78, 5) is 16.8. The highest BCUT2D eigenvalue weighted by molar-refractivity contribution is 6.33. The van der Waals surface area contributed by atoms with Crippen LogP contribution < -0.4 is 10.2 Å². The molecule has 1 saturated heterocycles.